The Labute approximate surface area is 128 Å². The average Bonchev–Trinajstić information content (AvgIpc) is 3.01. The second-order valence-corrected chi connectivity index (χ2v) is 5.84. The van der Waals surface area contributed by atoms with Gasteiger partial charge in [0.05, 0.1) is 0 Å². The fourth-order valence-corrected chi connectivity index (χ4v) is 3.13. The van der Waals surface area contributed by atoms with Crippen LogP contribution >= 0.6 is 11.6 Å². The molecule has 1 amide bonds. The molecule has 21 heavy (non-hydrogen) atoms. The molecule has 7 nitrogen and oxygen atoms in total. The molecule has 3 heterocycles. The van der Waals surface area contributed by atoms with E-state index in [1.165, 1.54) is 0 Å². The number of amides is 1. The van der Waals surface area contributed by atoms with Gasteiger partial charge in [0.1, 0.15) is 6.04 Å². The van der Waals surface area contributed by atoms with E-state index in [1.54, 1.807) is 0 Å². The van der Waals surface area contributed by atoms with Crippen molar-refractivity contribution in [2.45, 2.75) is 38.1 Å². The van der Waals surface area contributed by atoms with Crippen LogP contribution in [0.4, 0.5) is 11.9 Å². The number of piperidine rings is 1. The van der Waals surface area contributed by atoms with Crippen LogP contribution in [-0.2, 0) is 4.79 Å². The maximum absolute atomic E-state index is 11.6. The Morgan fingerprint density at radius 1 is 1.05 bits per heavy atom. The van der Waals surface area contributed by atoms with Crippen LogP contribution in [-0.4, -0.2) is 46.5 Å². The van der Waals surface area contributed by atoms with Gasteiger partial charge in [-0.25, -0.2) is 0 Å². The Morgan fingerprint density at radius 3 is 2.43 bits per heavy atom. The lowest BCUT2D eigenvalue weighted by Gasteiger charge is -2.33. The normalized spacial score (nSPS) is 22.6. The van der Waals surface area contributed by atoms with Gasteiger partial charge in [0, 0.05) is 19.6 Å². The van der Waals surface area contributed by atoms with E-state index < -0.39 is 0 Å². The molecular weight excluding hydrogens is 292 g/mol. The zero-order valence-electron chi connectivity index (χ0n) is 11.8. The zero-order valence-corrected chi connectivity index (χ0v) is 12.6. The quantitative estimate of drug-likeness (QED) is 0.895. The molecule has 1 aromatic rings. The number of carbonyl (C=O) groups excluding carboxylic acids is 1. The molecule has 2 aliphatic heterocycles. The van der Waals surface area contributed by atoms with Crippen LogP contribution in [0.3, 0.4) is 0 Å². The molecule has 2 saturated heterocycles. The molecule has 114 valence electrons. The van der Waals surface area contributed by atoms with Gasteiger partial charge in [0.15, 0.2) is 0 Å². The van der Waals surface area contributed by atoms with E-state index >= 15 is 0 Å². The second-order valence-electron chi connectivity index (χ2n) is 5.51. The highest BCUT2D eigenvalue weighted by Crippen LogP contribution is 2.25. The van der Waals surface area contributed by atoms with Crippen molar-refractivity contribution in [1.82, 2.24) is 15.0 Å². The van der Waals surface area contributed by atoms with E-state index in [0.717, 1.165) is 45.2 Å². The molecule has 0 saturated carbocycles. The number of nitrogens with zero attached hydrogens (tertiary/aromatic N) is 5. The summed E-state index contributed by atoms with van der Waals surface area (Å²) in [6, 6.07) is -0.358. The third-order valence-corrected chi connectivity index (χ3v) is 4.23. The van der Waals surface area contributed by atoms with Crippen LogP contribution < -0.4 is 15.5 Å². The van der Waals surface area contributed by atoms with Crippen molar-refractivity contribution in [1.29, 1.82) is 0 Å². The molecule has 0 spiro atoms. The summed E-state index contributed by atoms with van der Waals surface area (Å²) in [5.41, 5.74) is 5.50. The first-order chi connectivity index (χ1) is 10.1. The number of hydrogen-bond donors (Lipinski definition) is 1. The summed E-state index contributed by atoms with van der Waals surface area (Å²) in [6.07, 6.45) is 4.98. The SMILES string of the molecule is NC(=O)C1CCCCN1c1nc(Cl)nc(N2CCCC2)n1. The van der Waals surface area contributed by atoms with Crippen LogP contribution in [0.15, 0.2) is 0 Å². The largest absolute Gasteiger partial charge is 0.368 e. The van der Waals surface area contributed by atoms with Gasteiger partial charge in [0.25, 0.3) is 0 Å². The minimum absolute atomic E-state index is 0.163. The van der Waals surface area contributed by atoms with Crippen molar-refractivity contribution in [3.8, 4) is 0 Å². The fourth-order valence-electron chi connectivity index (χ4n) is 2.98. The monoisotopic (exact) mass is 310 g/mol. The highest BCUT2D eigenvalue weighted by atomic mass is 35.5. The van der Waals surface area contributed by atoms with Gasteiger partial charge in [-0.3, -0.25) is 4.79 Å². The number of aromatic nitrogens is 3. The van der Waals surface area contributed by atoms with Crippen LogP contribution in [0.5, 0.6) is 0 Å². The summed E-state index contributed by atoms with van der Waals surface area (Å²) < 4.78 is 0. The molecule has 0 radical (unpaired) electrons. The van der Waals surface area contributed by atoms with E-state index in [4.69, 9.17) is 17.3 Å². The molecule has 1 aromatic heterocycles. The smallest absolute Gasteiger partial charge is 0.240 e. The molecule has 0 aromatic carbocycles. The molecular formula is C13H19ClN6O. The molecule has 1 unspecified atom stereocenters. The Morgan fingerprint density at radius 2 is 1.71 bits per heavy atom. The lowest BCUT2D eigenvalue weighted by Crippen LogP contribution is -2.48. The predicted molar refractivity (Wildman–Crippen MR) is 80.5 cm³/mol. The van der Waals surface area contributed by atoms with E-state index in [0.29, 0.717) is 18.4 Å². The van der Waals surface area contributed by atoms with Crippen molar-refractivity contribution < 1.29 is 4.79 Å². The lowest BCUT2D eigenvalue weighted by atomic mass is 10.0. The highest BCUT2D eigenvalue weighted by molar-refractivity contribution is 6.28. The van der Waals surface area contributed by atoms with Gasteiger partial charge < -0.3 is 15.5 Å². The van der Waals surface area contributed by atoms with Gasteiger partial charge in [-0.05, 0) is 43.7 Å². The molecule has 2 aliphatic rings. The second kappa shape index (κ2) is 6.01. The van der Waals surface area contributed by atoms with Gasteiger partial charge in [-0.15, -0.1) is 0 Å². The Bertz CT molecular complexity index is 533. The molecule has 0 aliphatic carbocycles. The summed E-state index contributed by atoms with van der Waals surface area (Å²) >= 11 is 6.04. The fraction of sp³-hybridized carbons (Fsp3) is 0.692. The molecule has 3 rings (SSSR count). The number of carbonyl (C=O) groups is 1. The first-order valence-corrected chi connectivity index (χ1v) is 7.75. The summed E-state index contributed by atoms with van der Waals surface area (Å²) in [5.74, 6) is 0.714. The first kappa shape index (κ1) is 14.3. The summed E-state index contributed by atoms with van der Waals surface area (Å²) in [4.78, 5) is 28.5. The number of halogens is 1. The maximum Gasteiger partial charge on any atom is 0.240 e. The summed E-state index contributed by atoms with van der Waals surface area (Å²) in [6.45, 7) is 2.57. The van der Waals surface area contributed by atoms with Crippen molar-refractivity contribution >= 4 is 29.4 Å². The number of primary amides is 1. The van der Waals surface area contributed by atoms with Crippen LogP contribution in [0, 0.1) is 0 Å². The molecule has 8 heteroatoms. The van der Waals surface area contributed by atoms with E-state index in [9.17, 15) is 4.79 Å². The highest BCUT2D eigenvalue weighted by Gasteiger charge is 2.30. The van der Waals surface area contributed by atoms with Crippen molar-refractivity contribution in [2.75, 3.05) is 29.4 Å². The standard InChI is InChI=1S/C13H19ClN6O/c14-11-16-12(19-6-3-4-7-19)18-13(17-11)20-8-2-1-5-9(20)10(15)21/h9H,1-8H2,(H2,15,21). The Kier molecular flexibility index (Phi) is 4.10. The lowest BCUT2D eigenvalue weighted by molar-refractivity contribution is -0.119. The number of anilines is 2. The van der Waals surface area contributed by atoms with Gasteiger partial charge >= 0.3 is 0 Å². The van der Waals surface area contributed by atoms with E-state index in [1.807, 2.05) is 4.90 Å². The van der Waals surface area contributed by atoms with Gasteiger partial charge in [-0.2, -0.15) is 15.0 Å². The van der Waals surface area contributed by atoms with Gasteiger partial charge in [0.2, 0.25) is 23.1 Å². The van der Waals surface area contributed by atoms with Crippen LogP contribution in [0.25, 0.3) is 0 Å². The van der Waals surface area contributed by atoms with Crippen molar-refractivity contribution in [3.63, 3.8) is 0 Å². The van der Waals surface area contributed by atoms with Crippen molar-refractivity contribution in [3.05, 3.63) is 5.28 Å². The predicted octanol–water partition coefficient (Wildman–Crippen LogP) is 0.969. The van der Waals surface area contributed by atoms with Crippen LogP contribution in [0.2, 0.25) is 5.28 Å². The zero-order chi connectivity index (χ0) is 14.8. The topological polar surface area (TPSA) is 88.2 Å². The third kappa shape index (κ3) is 3.02. The van der Waals surface area contributed by atoms with Crippen molar-refractivity contribution in [2.24, 2.45) is 5.73 Å². The maximum atomic E-state index is 11.6. The number of hydrogen-bond acceptors (Lipinski definition) is 6. The molecule has 1 atom stereocenters. The summed E-state index contributed by atoms with van der Waals surface area (Å²) in [5, 5.41) is 0.163. The number of nitrogens with two attached hydrogens (primary N) is 1. The minimum Gasteiger partial charge on any atom is -0.368 e. The first-order valence-electron chi connectivity index (χ1n) is 7.37. The summed E-state index contributed by atoms with van der Waals surface area (Å²) in [7, 11) is 0. The average molecular weight is 311 g/mol. The van der Waals surface area contributed by atoms with E-state index in [-0.39, 0.29) is 17.2 Å². The van der Waals surface area contributed by atoms with Crippen LogP contribution in [0.1, 0.15) is 32.1 Å². The molecule has 0 bridgehead atoms. The molecule has 2 N–H and O–H groups in total. The third-order valence-electron chi connectivity index (χ3n) is 4.06. The molecule has 2 fully saturated rings. The Hall–Kier alpha value is -1.63. The number of rotatable bonds is 3. The Balaban J connectivity index is 1.91. The van der Waals surface area contributed by atoms with Gasteiger partial charge in [-0.1, -0.05) is 0 Å². The van der Waals surface area contributed by atoms with E-state index in [2.05, 4.69) is 19.9 Å². The minimum atomic E-state index is -0.358.